The third-order valence-corrected chi connectivity index (χ3v) is 3.66. The zero-order chi connectivity index (χ0) is 18.9. The Balaban J connectivity index is 1.71. The second-order valence-corrected chi connectivity index (χ2v) is 5.65. The van der Waals surface area contributed by atoms with Gasteiger partial charge in [-0.05, 0) is 30.7 Å². The minimum atomic E-state index is -4.84. The van der Waals surface area contributed by atoms with E-state index in [2.05, 4.69) is 15.4 Å². The van der Waals surface area contributed by atoms with E-state index in [1.807, 2.05) is 0 Å². The Kier molecular flexibility index (Phi) is 4.62. The molecule has 0 aromatic heterocycles. The van der Waals surface area contributed by atoms with Crippen molar-refractivity contribution in [1.29, 1.82) is 0 Å². The summed E-state index contributed by atoms with van der Waals surface area (Å²) in [7, 11) is 0. The second-order valence-electron chi connectivity index (χ2n) is 5.65. The molecule has 26 heavy (non-hydrogen) atoms. The first-order valence-corrected chi connectivity index (χ1v) is 7.58. The van der Waals surface area contributed by atoms with Gasteiger partial charge in [-0.25, -0.2) is 4.39 Å². The Morgan fingerprint density at radius 2 is 2.04 bits per heavy atom. The summed E-state index contributed by atoms with van der Waals surface area (Å²) in [6, 6.07) is 7.79. The van der Waals surface area contributed by atoms with Crippen LogP contribution in [0.5, 0.6) is 11.5 Å². The van der Waals surface area contributed by atoms with Crippen LogP contribution in [0.1, 0.15) is 5.56 Å². The molecule has 0 fully saturated rings. The van der Waals surface area contributed by atoms with E-state index in [1.165, 1.54) is 31.2 Å². The highest BCUT2D eigenvalue weighted by molar-refractivity contribution is 5.95. The molecule has 1 heterocycles. The minimum absolute atomic E-state index is 0.119. The van der Waals surface area contributed by atoms with E-state index in [0.29, 0.717) is 5.69 Å². The van der Waals surface area contributed by atoms with Gasteiger partial charge in [-0.15, -0.1) is 13.2 Å². The first-order valence-electron chi connectivity index (χ1n) is 7.58. The third kappa shape index (κ3) is 4.16. The number of aryl methyl sites for hydroxylation is 1. The lowest BCUT2D eigenvalue weighted by Gasteiger charge is -2.26. The Morgan fingerprint density at radius 3 is 2.77 bits per heavy atom. The number of hydrogen-bond donors (Lipinski definition) is 2. The van der Waals surface area contributed by atoms with Crippen LogP contribution in [0.15, 0.2) is 36.4 Å². The SMILES string of the molecule is Cc1ccc(NC(=O)C2CNc3ccc(F)cc3O2)cc1OC(F)(F)F. The lowest BCUT2D eigenvalue weighted by molar-refractivity contribution is -0.274. The molecule has 1 unspecified atom stereocenters. The molecule has 0 radical (unpaired) electrons. The summed E-state index contributed by atoms with van der Waals surface area (Å²) in [5.41, 5.74) is 0.931. The van der Waals surface area contributed by atoms with Crippen molar-refractivity contribution in [3.63, 3.8) is 0 Å². The molecule has 2 aromatic carbocycles. The molecule has 138 valence electrons. The smallest absolute Gasteiger partial charge is 0.476 e. The molecule has 1 aliphatic heterocycles. The lowest BCUT2D eigenvalue weighted by atomic mass is 10.2. The Labute approximate surface area is 145 Å². The normalized spacial score (nSPS) is 16.1. The van der Waals surface area contributed by atoms with Crippen molar-refractivity contribution < 1.29 is 31.8 Å². The predicted octanol–water partition coefficient (Wildman–Crippen LogP) is 3.84. The number of carbonyl (C=O) groups is 1. The number of halogens is 4. The number of carbonyl (C=O) groups excluding carboxylic acids is 1. The average Bonchev–Trinajstić information content (AvgIpc) is 2.56. The molecule has 5 nitrogen and oxygen atoms in total. The maximum atomic E-state index is 13.3. The molecule has 9 heteroatoms. The molecule has 2 aromatic rings. The fourth-order valence-corrected chi connectivity index (χ4v) is 2.42. The van der Waals surface area contributed by atoms with E-state index in [0.717, 1.165) is 12.1 Å². The monoisotopic (exact) mass is 370 g/mol. The number of hydrogen-bond acceptors (Lipinski definition) is 4. The number of anilines is 2. The molecule has 0 saturated heterocycles. The summed E-state index contributed by atoms with van der Waals surface area (Å²) in [6.07, 6.45) is -5.81. The van der Waals surface area contributed by atoms with E-state index < -0.39 is 29.9 Å². The molecular formula is C17H14F4N2O3. The van der Waals surface area contributed by atoms with Gasteiger partial charge in [0.1, 0.15) is 17.3 Å². The molecular weight excluding hydrogens is 356 g/mol. The van der Waals surface area contributed by atoms with Crippen molar-refractivity contribution in [3.05, 3.63) is 47.8 Å². The maximum Gasteiger partial charge on any atom is 0.573 e. The molecule has 0 spiro atoms. The van der Waals surface area contributed by atoms with Gasteiger partial charge in [-0.3, -0.25) is 4.79 Å². The summed E-state index contributed by atoms with van der Waals surface area (Å²) in [4.78, 5) is 12.3. The van der Waals surface area contributed by atoms with Gasteiger partial charge in [0, 0.05) is 17.8 Å². The van der Waals surface area contributed by atoms with Crippen LogP contribution in [0, 0.1) is 12.7 Å². The summed E-state index contributed by atoms with van der Waals surface area (Å²) in [5, 5.41) is 5.40. The number of benzene rings is 2. The molecule has 1 aliphatic rings. The van der Waals surface area contributed by atoms with E-state index in [4.69, 9.17) is 4.74 Å². The predicted molar refractivity (Wildman–Crippen MR) is 85.8 cm³/mol. The first-order chi connectivity index (χ1) is 12.2. The fraction of sp³-hybridized carbons (Fsp3) is 0.235. The molecule has 3 rings (SSSR count). The van der Waals surface area contributed by atoms with Gasteiger partial charge in [-0.2, -0.15) is 0 Å². The molecule has 1 amide bonds. The van der Waals surface area contributed by atoms with Gasteiger partial charge in [0.25, 0.3) is 5.91 Å². The van der Waals surface area contributed by atoms with E-state index in [1.54, 1.807) is 0 Å². The van der Waals surface area contributed by atoms with Crippen molar-refractivity contribution >= 4 is 17.3 Å². The molecule has 0 saturated carbocycles. The zero-order valence-corrected chi connectivity index (χ0v) is 13.5. The Hall–Kier alpha value is -2.97. The number of nitrogens with one attached hydrogen (secondary N) is 2. The number of ether oxygens (including phenoxy) is 2. The second kappa shape index (κ2) is 6.74. The van der Waals surface area contributed by atoms with Crippen LogP contribution in [0.25, 0.3) is 0 Å². The van der Waals surface area contributed by atoms with Gasteiger partial charge in [0.15, 0.2) is 6.10 Å². The number of rotatable bonds is 3. The molecule has 2 N–H and O–H groups in total. The molecule has 0 aliphatic carbocycles. The first kappa shape index (κ1) is 17.8. The number of alkyl halides is 3. The van der Waals surface area contributed by atoms with Crippen molar-refractivity contribution in [2.24, 2.45) is 0 Å². The maximum absolute atomic E-state index is 13.3. The largest absolute Gasteiger partial charge is 0.573 e. The Bertz CT molecular complexity index is 839. The van der Waals surface area contributed by atoms with E-state index >= 15 is 0 Å². The van der Waals surface area contributed by atoms with Gasteiger partial charge in [-0.1, -0.05) is 6.07 Å². The van der Waals surface area contributed by atoms with E-state index in [-0.39, 0.29) is 23.5 Å². The standard InChI is InChI=1S/C17H14F4N2O3/c1-9-2-4-11(7-13(9)26-17(19,20)21)23-16(24)15-8-22-12-5-3-10(18)6-14(12)25-15/h2-7,15,22H,8H2,1H3,(H,23,24). The van der Waals surface area contributed by atoms with Crippen molar-refractivity contribution in [2.75, 3.05) is 17.2 Å². The fourth-order valence-electron chi connectivity index (χ4n) is 2.42. The summed E-state index contributed by atoms with van der Waals surface area (Å²) < 4.78 is 59.9. The average molecular weight is 370 g/mol. The van der Waals surface area contributed by atoms with Crippen LogP contribution in [0.2, 0.25) is 0 Å². The summed E-state index contributed by atoms with van der Waals surface area (Å²) >= 11 is 0. The van der Waals surface area contributed by atoms with Gasteiger partial charge in [0.2, 0.25) is 0 Å². The topological polar surface area (TPSA) is 59.6 Å². The van der Waals surface area contributed by atoms with Crippen molar-refractivity contribution in [2.45, 2.75) is 19.4 Å². The number of fused-ring (bicyclic) bond motifs is 1. The van der Waals surface area contributed by atoms with Crippen molar-refractivity contribution in [1.82, 2.24) is 0 Å². The highest BCUT2D eigenvalue weighted by Gasteiger charge is 2.32. The minimum Gasteiger partial charge on any atom is -0.476 e. The summed E-state index contributed by atoms with van der Waals surface area (Å²) in [6.45, 7) is 1.58. The summed E-state index contributed by atoms with van der Waals surface area (Å²) in [5.74, 6) is -1.33. The van der Waals surface area contributed by atoms with Crippen LogP contribution >= 0.6 is 0 Å². The highest BCUT2D eigenvalue weighted by Crippen LogP contribution is 2.31. The quantitative estimate of drug-likeness (QED) is 0.806. The van der Waals surface area contributed by atoms with Crippen molar-refractivity contribution in [3.8, 4) is 11.5 Å². The van der Waals surface area contributed by atoms with Crippen LogP contribution < -0.4 is 20.1 Å². The van der Waals surface area contributed by atoms with Crippen LogP contribution in [0.3, 0.4) is 0 Å². The van der Waals surface area contributed by atoms with Crippen LogP contribution in [-0.2, 0) is 4.79 Å². The lowest BCUT2D eigenvalue weighted by Crippen LogP contribution is -2.41. The van der Waals surface area contributed by atoms with Crippen LogP contribution in [0.4, 0.5) is 28.9 Å². The van der Waals surface area contributed by atoms with Gasteiger partial charge < -0.3 is 20.1 Å². The zero-order valence-electron chi connectivity index (χ0n) is 13.5. The number of amides is 1. The Morgan fingerprint density at radius 1 is 1.27 bits per heavy atom. The molecule has 1 atom stereocenters. The highest BCUT2D eigenvalue weighted by atomic mass is 19.4. The van der Waals surface area contributed by atoms with E-state index in [9.17, 15) is 22.4 Å². The van der Waals surface area contributed by atoms with Gasteiger partial charge >= 0.3 is 6.36 Å². The third-order valence-electron chi connectivity index (χ3n) is 3.66. The van der Waals surface area contributed by atoms with Gasteiger partial charge in [0.05, 0.1) is 12.2 Å². The molecule has 0 bridgehead atoms. The van der Waals surface area contributed by atoms with Crippen LogP contribution in [-0.4, -0.2) is 24.9 Å².